The van der Waals surface area contributed by atoms with E-state index >= 15 is 0 Å². The fourth-order valence-corrected chi connectivity index (χ4v) is 2.80. The van der Waals surface area contributed by atoms with Gasteiger partial charge in [-0.05, 0) is 11.6 Å². The molecule has 0 saturated heterocycles. The second-order valence-corrected chi connectivity index (χ2v) is 9.22. The van der Waals surface area contributed by atoms with E-state index in [1.165, 1.54) is 13.4 Å². The summed E-state index contributed by atoms with van der Waals surface area (Å²) in [5.74, 6) is 0.114. The van der Waals surface area contributed by atoms with Gasteiger partial charge in [0.15, 0.2) is 11.6 Å². The van der Waals surface area contributed by atoms with Crippen LogP contribution < -0.4 is 5.32 Å². The smallest absolute Gasteiger partial charge is 0.257 e. The van der Waals surface area contributed by atoms with E-state index in [1.54, 1.807) is 6.08 Å². The lowest BCUT2D eigenvalue weighted by Crippen LogP contribution is -2.50. The molecule has 1 atom stereocenters. The van der Waals surface area contributed by atoms with Crippen molar-refractivity contribution in [2.45, 2.75) is 13.2 Å². The van der Waals surface area contributed by atoms with Crippen molar-refractivity contribution in [3.05, 3.63) is 41.7 Å². The summed E-state index contributed by atoms with van der Waals surface area (Å²) in [7, 11) is 1.41. The minimum absolute atomic E-state index is 0.0511. The number of halogens is 6. The van der Waals surface area contributed by atoms with Crippen LogP contribution in [0.2, 0.25) is 0 Å². The predicted molar refractivity (Wildman–Crippen MR) is 104 cm³/mol. The van der Waals surface area contributed by atoms with Crippen molar-refractivity contribution in [2.24, 2.45) is 9.98 Å². The average molecular weight is 450 g/mol. The molecule has 130 valence electrons. The molecule has 1 unspecified atom stereocenters. The summed E-state index contributed by atoms with van der Waals surface area (Å²) in [4.78, 5) is 8.42. The quantitative estimate of drug-likeness (QED) is 0.513. The van der Waals surface area contributed by atoms with E-state index in [2.05, 4.69) is 15.3 Å². The Morgan fingerprint density at radius 3 is 2.25 bits per heavy atom. The Kier molecular flexibility index (Phi) is 6.22. The maximum absolute atomic E-state index is 6.16. The number of hydrogen-bond donors (Lipinski definition) is 1. The van der Waals surface area contributed by atoms with E-state index in [4.69, 9.17) is 74.3 Å². The molecule has 1 aliphatic heterocycles. The molecular weight excluding hydrogens is 439 g/mol. The van der Waals surface area contributed by atoms with Crippen molar-refractivity contribution < 1.29 is 4.74 Å². The molecule has 0 spiro atoms. The lowest BCUT2D eigenvalue weighted by molar-refractivity contribution is 0.229. The molecule has 24 heavy (non-hydrogen) atoms. The summed E-state index contributed by atoms with van der Waals surface area (Å²) in [5, 5.41) is 2.63. The van der Waals surface area contributed by atoms with E-state index in [-0.39, 0.29) is 11.6 Å². The molecular formula is C14H11Cl6N3O. The molecule has 0 amide bonds. The Morgan fingerprint density at radius 1 is 1.12 bits per heavy atom. The van der Waals surface area contributed by atoms with Crippen LogP contribution in [-0.2, 0) is 4.74 Å². The van der Waals surface area contributed by atoms with Crippen molar-refractivity contribution in [1.29, 1.82) is 0 Å². The number of ether oxygens (including phenoxy) is 1. The number of rotatable bonds is 3. The fraction of sp³-hybridized carbons (Fsp3) is 0.286. The second kappa shape index (κ2) is 7.48. The van der Waals surface area contributed by atoms with Crippen molar-refractivity contribution >= 4 is 87.9 Å². The Hall–Kier alpha value is -0.360. The van der Waals surface area contributed by atoms with E-state index in [9.17, 15) is 0 Å². The Bertz CT molecular complexity index is 678. The van der Waals surface area contributed by atoms with Crippen molar-refractivity contribution in [3.63, 3.8) is 0 Å². The zero-order valence-electron chi connectivity index (χ0n) is 12.1. The van der Waals surface area contributed by atoms with Crippen LogP contribution >= 0.6 is 69.6 Å². The molecule has 0 aliphatic carbocycles. The first kappa shape index (κ1) is 20.0. The molecule has 4 nitrogen and oxygen atoms in total. The minimum Gasteiger partial charge on any atom is -0.496 e. The van der Waals surface area contributed by atoms with Gasteiger partial charge < -0.3 is 10.1 Å². The van der Waals surface area contributed by atoms with E-state index < -0.39 is 13.2 Å². The molecule has 2 rings (SSSR count). The Morgan fingerprint density at radius 2 is 1.75 bits per heavy atom. The minimum atomic E-state index is -2.01. The molecule has 0 bridgehead atoms. The third kappa shape index (κ3) is 4.24. The molecule has 10 heteroatoms. The molecule has 1 N–H and O–H groups in total. The van der Waals surface area contributed by atoms with E-state index in [0.29, 0.717) is 0 Å². The third-order valence-electron chi connectivity index (χ3n) is 3.05. The molecule has 0 aromatic heterocycles. The highest BCUT2D eigenvalue weighted by atomic mass is 35.6. The summed E-state index contributed by atoms with van der Waals surface area (Å²) in [5.41, 5.74) is -0.963. The summed E-state index contributed by atoms with van der Waals surface area (Å²) >= 11 is 36.1. The van der Waals surface area contributed by atoms with Crippen LogP contribution in [0, 0.1) is 0 Å². The molecule has 0 fully saturated rings. The first-order valence-electron chi connectivity index (χ1n) is 6.45. The Labute approximate surface area is 169 Å². The number of alkyl halides is 6. The van der Waals surface area contributed by atoms with Gasteiger partial charge >= 0.3 is 0 Å². The molecule has 0 saturated carbocycles. The summed E-state index contributed by atoms with van der Waals surface area (Å²) in [6, 6.07) is 9.26. The van der Waals surface area contributed by atoms with Crippen molar-refractivity contribution in [3.8, 4) is 0 Å². The number of methoxy groups -OCH3 is 1. The van der Waals surface area contributed by atoms with Crippen molar-refractivity contribution in [2.75, 3.05) is 7.11 Å². The zero-order valence-corrected chi connectivity index (χ0v) is 16.6. The van der Waals surface area contributed by atoms with Gasteiger partial charge in [-0.2, -0.15) is 0 Å². The van der Waals surface area contributed by atoms with E-state index in [0.717, 1.165) is 5.56 Å². The van der Waals surface area contributed by atoms with Crippen LogP contribution in [0.3, 0.4) is 0 Å². The predicted octanol–water partition coefficient (Wildman–Crippen LogP) is 5.14. The summed E-state index contributed by atoms with van der Waals surface area (Å²) < 4.78 is 1.54. The SMILES string of the molecule is COC(=Cc1ccccc1)C1(C(Cl)(Cl)Cl)N=CNC(C(Cl)(Cl)Cl)=N1. The lowest BCUT2D eigenvalue weighted by atomic mass is 10.1. The van der Waals surface area contributed by atoms with E-state index in [1.807, 2.05) is 30.3 Å². The lowest BCUT2D eigenvalue weighted by Gasteiger charge is -2.36. The largest absolute Gasteiger partial charge is 0.496 e. The van der Waals surface area contributed by atoms with Crippen LogP contribution in [0.5, 0.6) is 0 Å². The van der Waals surface area contributed by atoms with Gasteiger partial charge in [-0.3, -0.25) is 0 Å². The maximum Gasteiger partial charge on any atom is 0.257 e. The normalized spacial score (nSPS) is 22.0. The number of aliphatic imine (C=N–C) groups is 2. The fourth-order valence-electron chi connectivity index (χ4n) is 1.95. The van der Waals surface area contributed by atoms with Gasteiger partial charge in [0.2, 0.25) is 7.59 Å². The zero-order chi connectivity index (χ0) is 18.0. The topological polar surface area (TPSA) is 46.0 Å². The highest BCUT2D eigenvalue weighted by molar-refractivity contribution is 6.77. The van der Waals surface area contributed by atoms with Gasteiger partial charge in [0, 0.05) is 0 Å². The molecule has 0 radical (unpaired) electrons. The maximum atomic E-state index is 6.16. The second-order valence-electron chi connectivity index (χ2n) is 4.65. The van der Waals surface area contributed by atoms with Crippen molar-refractivity contribution in [1.82, 2.24) is 5.32 Å². The van der Waals surface area contributed by atoms with Gasteiger partial charge in [-0.1, -0.05) is 99.9 Å². The number of nitrogens with zero attached hydrogens (tertiary/aromatic N) is 2. The number of nitrogens with one attached hydrogen (secondary N) is 1. The number of benzene rings is 1. The Balaban J connectivity index is 2.64. The monoisotopic (exact) mass is 447 g/mol. The van der Waals surface area contributed by atoms with Crippen LogP contribution in [-0.4, -0.2) is 32.5 Å². The van der Waals surface area contributed by atoms with Crippen LogP contribution in [0.1, 0.15) is 5.56 Å². The first-order chi connectivity index (χ1) is 11.1. The van der Waals surface area contributed by atoms with Gasteiger partial charge in [0.25, 0.3) is 5.66 Å². The van der Waals surface area contributed by atoms with Gasteiger partial charge in [0.05, 0.1) is 13.4 Å². The third-order valence-corrected chi connectivity index (χ3v) is 4.38. The van der Waals surface area contributed by atoms with Crippen LogP contribution in [0.15, 0.2) is 46.1 Å². The molecule has 1 aromatic rings. The molecule has 1 aliphatic rings. The van der Waals surface area contributed by atoms with Gasteiger partial charge in [0.1, 0.15) is 0 Å². The molecule has 1 heterocycles. The average Bonchev–Trinajstić information content (AvgIpc) is 2.51. The standard InChI is InChI=1S/C14H11Cl6N3O/c1-24-10(7-9-5-3-2-4-6-9)12(14(18,19)20)22-8-21-11(23-12)13(15,16)17/h2-8H,1H3,(H,21,22,23). The van der Waals surface area contributed by atoms with Crippen LogP contribution in [0.25, 0.3) is 6.08 Å². The highest BCUT2D eigenvalue weighted by Gasteiger charge is 2.55. The number of hydrogen-bond acceptors (Lipinski definition) is 4. The first-order valence-corrected chi connectivity index (χ1v) is 8.72. The van der Waals surface area contributed by atoms with Gasteiger partial charge in [-0.25, -0.2) is 9.98 Å². The summed E-state index contributed by atoms with van der Waals surface area (Å²) in [6.07, 6.45) is 2.88. The number of amidine groups is 1. The van der Waals surface area contributed by atoms with Crippen LogP contribution in [0.4, 0.5) is 0 Å². The summed E-state index contributed by atoms with van der Waals surface area (Å²) in [6.45, 7) is 0. The highest BCUT2D eigenvalue weighted by Crippen LogP contribution is 2.48. The van der Waals surface area contributed by atoms with Gasteiger partial charge in [-0.15, -0.1) is 0 Å². The molecule has 1 aromatic carbocycles.